The van der Waals surface area contributed by atoms with Crippen LogP contribution in [-0.2, 0) is 16.6 Å². The lowest BCUT2D eigenvalue weighted by Crippen LogP contribution is -2.43. The number of aromatic amines is 1. The fourth-order valence-corrected chi connectivity index (χ4v) is 5.52. The molecule has 1 unspecified atom stereocenters. The molecule has 0 spiro atoms. The van der Waals surface area contributed by atoms with Gasteiger partial charge in [0.15, 0.2) is 0 Å². The minimum absolute atomic E-state index is 0.0981. The van der Waals surface area contributed by atoms with Gasteiger partial charge in [-0.05, 0) is 30.2 Å². The summed E-state index contributed by atoms with van der Waals surface area (Å²) in [4.78, 5) is 9.64. The third-order valence-electron chi connectivity index (χ3n) is 5.09. The van der Waals surface area contributed by atoms with Crippen molar-refractivity contribution in [3.05, 3.63) is 54.4 Å². The predicted octanol–water partition coefficient (Wildman–Crippen LogP) is 2.98. The second-order valence-corrected chi connectivity index (χ2v) is 8.53. The van der Waals surface area contributed by atoms with Gasteiger partial charge in [0.25, 0.3) is 0 Å². The van der Waals surface area contributed by atoms with E-state index in [-0.39, 0.29) is 6.04 Å². The first-order valence-corrected chi connectivity index (χ1v) is 10.2. The van der Waals surface area contributed by atoms with Gasteiger partial charge < -0.3 is 9.88 Å². The minimum Gasteiger partial charge on any atom is -0.373 e. The first kappa shape index (κ1) is 17.1. The van der Waals surface area contributed by atoms with E-state index < -0.39 is 10.0 Å². The maximum absolute atomic E-state index is 13.6. The SMILES string of the molecule is CCC1CN(C)c2ccccc2CN1S(=O)(=O)c1c[nH]c2ncccc12. The number of para-hydroxylation sites is 1. The molecule has 0 saturated heterocycles. The fourth-order valence-electron chi connectivity index (χ4n) is 3.70. The van der Waals surface area contributed by atoms with Crippen LogP contribution in [0.4, 0.5) is 5.69 Å². The summed E-state index contributed by atoms with van der Waals surface area (Å²) in [6.45, 7) is 3.06. The summed E-state index contributed by atoms with van der Waals surface area (Å²) in [6.07, 6.45) is 3.96. The van der Waals surface area contributed by atoms with Crippen LogP contribution >= 0.6 is 0 Å². The molecular formula is C19H22N4O2S. The Morgan fingerprint density at radius 2 is 2.04 bits per heavy atom. The molecule has 0 saturated carbocycles. The molecule has 6 nitrogen and oxygen atoms in total. The van der Waals surface area contributed by atoms with Crippen LogP contribution in [0.5, 0.6) is 0 Å². The highest BCUT2D eigenvalue weighted by atomic mass is 32.2. The van der Waals surface area contributed by atoms with Crippen LogP contribution < -0.4 is 4.90 Å². The second-order valence-electron chi connectivity index (χ2n) is 6.67. The zero-order valence-electron chi connectivity index (χ0n) is 14.9. The lowest BCUT2D eigenvalue weighted by Gasteiger charge is -2.29. The molecule has 4 rings (SSSR count). The van der Waals surface area contributed by atoms with Gasteiger partial charge in [0, 0.05) is 49.6 Å². The Kier molecular flexibility index (Phi) is 4.20. The summed E-state index contributed by atoms with van der Waals surface area (Å²) in [5.74, 6) is 0. The smallest absolute Gasteiger partial charge is 0.245 e. The van der Waals surface area contributed by atoms with Crippen LogP contribution in [0.15, 0.2) is 53.7 Å². The maximum Gasteiger partial charge on any atom is 0.245 e. The molecule has 7 heteroatoms. The Morgan fingerprint density at radius 1 is 1.23 bits per heavy atom. The number of sulfonamides is 1. The Labute approximate surface area is 153 Å². The van der Waals surface area contributed by atoms with Gasteiger partial charge in [0.05, 0.1) is 0 Å². The maximum atomic E-state index is 13.6. The highest BCUT2D eigenvalue weighted by molar-refractivity contribution is 7.89. The van der Waals surface area contributed by atoms with E-state index in [0.29, 0.717) is 29.0 Å². The molecule has 0 radical (unpaired) electrons. The third kappa shape index (κ3) is 2.68. The molecule has 1 aromatic carbocycles. The van der Waals surface area contributed by atoms with E-state index in [1.54, 1.807) is 28.8 Å². The van der Waals surface area contributed by atoms with Crippen LogP contribution in [0.2, 0.25) is 0 Å². The number of rotatable bonds is 3. The molecule has 0 bridgehead atoms. The number of likely N-dealkylation sites (N-methyl/N-ethyl adjacent to an activating group) is 1. The lowest BCUT2D eigenvalue weighted by molar-refractivity contribution is 0.315. The van der Waals surface area contributed by atoms with Gasteiger partial charge in [-0.15, -0.1) is 0 Å². The zero-order valence-corrected chi connectivity index (χ0v) is 15.7. The van der Waals surface area contributed by atoms with E-state index in [4.69, 9.17) is 0 Å². The fraction of sp³-hybridized carbons (Fsp3) is 0.316. The molecule has 2 aromatic heterocycles. The summed E-state index contributed by atoms with van der Waals surface area (Å²) in [6, 6.07) is 11.5. The minimum atomic E-state index is -3.66. The molecule has 1 N–H and O–H groups in total. The van der Waals surface area contributed by atoms with Crippen LogP contribution in [0.25, 0.3) is 11.0 Å². The molecule has 3 heterocycles. The molecular weight excluding hydrogens is 348 g/mol. The molecule has 1 aliphatic heterocycles. The molecule has 1 atom stereocenters. The molecule has 1 aliphatic rings. The second kappa shape index (κ2) is 6.41. The van der Waals surface area contributed by atoms with Crippen molar-refractivity contribution in [3.63, 3.8) is 0 Å². The summed E-state index contributed by atoms with van der Waals surface area (Å²) in [7, 11) is -1.64. The van der Waals surface area contributed by atoms with Crippen molar-refractivity contribution >= 4 is 26.7 Å². The summed E-state index contributed by atoms with van der Waals surface area (Å²) >= 11 is 0. The van der Waals surface area contributed by atoms with Crippen molar-refractivity contribution in [1.29, 1.82) is 0 Å². The van der Waals surface area contributed by atoms with Crippen molar-refractivity contribution in [2.75, 3.05) is 18.5 Å². The van der Waals surface area contributed by atoms with Crippen molar-refractivity contribution in [3.8, 4) is 0 Å². The quantitative estimate of drug-likeness (QED) is 0.769. The van der Waals surface area contributed by atoms with Gasteiger partial charge in [-0.2, -0.15) is 4.31 Å². The van der Waals surface area contributed by atoms with Gasteiger partial charge >= 0.3 is 0 Å². The van der Waals surface area contributed by atoms with E-state index in [1.807, 2.05) is 38.2 Å². The third-order valence-corrected chi connectivity index (χ3v) is 7.03. The molecule has 0 aliphatic carbocycles. The monoisotopic (exact) mass is 370 g/mol. The molecule has 0 fully saturated rings. The Hall–Kier alpha value is -2.38. The summed E-state index contributed by atoms with van der Waals surface area (Å²) in [5.41, 5.74) is 2.70. The molecule has 0 amide bonds. The average molecular weight is 370 g/mol. The Bertz CT molecular complexity index is 1040. The first-order valence-electron chi connectivity index (χ1n) is 8.75. The number of fused-ring (bicyclic) bond motifs is 2. The normalized spacial score (nSPS) is 18.7. The summed E-state index contributed by atoms with van der Waals surface area (Å²) < 4.78 is 28.8. The van der Waals surface area contributed by atoms with Crippen LogP contribution in [0, 0.1) is 0 Å². The van der Waals surface area contributed by atoms with Gasteiger partial charge in [0.1, 0.15) is 10.5 Å². The first-order chi connectivity index (χ1) is 12.5. The van der Waals surface area contributed by atoms with E-state index in [0.717, 1.165) is 17.7 Å². The van der Waals surface area contributed by atoms with Gasteiger partial charge in [-0.3, -0.25) is 0 Å². The number of benzene rings is 1. The van der Waals surface area contributed by atoms with Gasteiger partial charge in [-0.25, -0.2) is 13.4 Å². The number of aromatic nitrogens is 2. The predicted molar refractivity (Wildman–Crippen MR) is 103 cm³/mol. The number of H-pyrrole nitrogens is 1. The van der Waals surface area contributed by atoms with Crippen LogP contribution in [0.3, 0.4) is 0 Å². The van der Waals surface area contributed by atoms with Crippen molar-refractivity contribution in [2.45, 2.75) is 30.8 Å². The molecule has 3 aromatic rings. The number of hydrogen-bond donors (Lipinski definition) is 1. The van der Waals surface area contributed by atoms with Crippen LogP contribution in [0.1, 0.15) is 18.9 Å². The Balaban J connectivity index is 1.84. The van der Waals surface area contributed by atoms with E-state index in [1.165, 1.54) is 0 Å². The number of hydrogen-bond acceptors (Lipinski definition) is 4. The highest BCUT2D eigenvalue weighted by Crippen LogP contribution is 2.33. The van der Waals surface area contributed by atoms with E-state index >= 15 is 0 Å². The van der Waals surface area contributed by atoms with E-state index in [9.17, 15) is 8.42 Å². The van der Waals surface area contributed by atoms with E-state index in [2.05, 4.69) is 14.9 Å². The number of nitrogens with one attached hydrogen (secondary N) is 1. The van der Waals surface area contributed by atoms with Gasteiger partial charge in [0.2, 0.25) is 10.0 Å². The Morgan fingerprint density at radius 3 is 2.85 bits per heavy atom. The van der Waals surface area contributed by atoms with Gasteiger partial charge in [-0.1, -0.05) is 25.1 Å². The topological polar surface area (TPSA) is 69.3 Å². The average Bonchev–Trinajstić information content (AvgIpc) is 3.03. The van der Waals surface area contributed by atoms with Crippen molar-refractivity contribution in [2.24, 2.45) is 0 Å². The molecule has 26 heavy (non-hydrogen) atoms. The number of nitrogens with zero attached hydrogens (tertiary/aromatic N) is 3. The standard InChI is InChI=1S/C19H22N4O2S/c1-3-15-13-22(2)17-9-5-4-7-14(17)12-23(15)26(24,25)18-11-21-19-16(18)8-6-10-20-19/h4-11,15H,3,12-13H2,1-2H3,(H,20,21). The molecule has 136 valence electrons. The zero-order chi connectivity index (χ0) is 18.3. The summed E-state index contributed by atoms with van der Waals surface area (Å²) in [5, 5.41) is 0.633. The van der Waals surface area contributed by atoms with Crippen molar-refractivity contribution < 1.29 is 8.42 Å². The van der Waals surface area contributed by atoms with Crippen LogP contribution in [-0.4, -0.2) is 42.3 Å². The highest BCUT2D eigenvalue weighted by Gasteiger charge is 2.35. The number of pyridine rings is 1. The van der Waals surface area contributed by atoms with Crippen molar-refractivity contribution in [1.82, 2.24) is 14.3 Å². The number of anilines is 1. The largest absolute Gasteiger partial charge is 0.373 e. The lowest BCUT2D eigenvalue weighted by atomic mass is 10.1.